The molecule has 1 aromatic carbocycles. The Morgan fingerprint density at radius 3 is 2.61 bits per heavy atom. The van der Waals surface area contributed by atoms with Crippen LogP contribution in [0.5, 0.6) is 0 Å². The number of nitrogens with one attached hydrogen (secondary N) is 1. The fourth-order valence-corrected chi connectivity index (χ4v) is 2.92. The fraction of sp³-hybridized carbons (Fsp3) is 0.625. The van der Waals surface area contributed by atoms with Crippen LogP contribution >= 0.6 is 0 Å². The van der Waals surface area contributed by atoms with Crippen LogP contribution in [-0.4, -0.2) is 25.0 Å². The van der Waals surface area contributed by atoms with Crippen LogP contribution in [0.4, 0.5) is 5.69 Å². The molecule has 100 valence electrons. The van der Waals surface area contributed by atoms with Crippen molar-refractivity contribution in [3.8, 4) is 0 Å². The highest BCUT2D eigenvalue weighted by Crippen LogP contribution is 2.38. The predicted molar refractivity (Wildman–Crippen MR) is 78.9 cm³/mol. The number of benzene rings is 1. The normalized spacial score (nSPS) is 22.4. The number of hydrogen-bond donors (Lipinski definition) is 1. The lowest BCUT2D eigenvalue weighted by molar-refractivity contribution is 0.378. The molecule has 1 atom stereocenters. The van der Waals surface area contributed by atoms with Crippen molar-refractivity contribution in [3.05, 3.63) is 29.8 Å². The van der Waals surface area contributed by atoms with E-state index in [-0.39, 0.29) is 0 Å². The summed E-state index contributed by atoms with van der Waals surface area (Å²) in [6.45, 7) is 5.75. The van der Waals surface area contributed by atoms with Crippen molar-refractivity contribution < 1.29 is 0 Å². The zero-order valence-corrected chi connectivity index (χ0v) is 12.2. The van der Waals surface area contributed by atoms with Gasteiger partial charge in [0, 0.05) is 18.3 Å². The van der Waals surface area contributed by atoms with Crippen molar-refractivity contribution in [1.29, 1.82) is 0 Å². The summed E-state index contributed by atoms with van der Waals surface area (Å²) in [5.41, 5.74) is 3.22. The van der Waals surface area contributed by atoms with E-state index in [1.807, 2.05) is 0 Å². The number of nitrogens with zero attached hydrogens (tertiary/aromatic N) is 1. The standard InChI is InChI=1S/C16H26N2/c1-16(2)10-9-14(11-16)17-15-8-6-5-7-13(15)12-18(3)4/h5-8,14,17H,9-12H2,1-4H3. The van der Waals surface area contributed by atoms with Gasteiger partial charge in [0.15, 0.2) is 0 Å². The molecule has 0 bridgehead atoms. The second-order valence-corrected chi connectivity index (χ2v) is 6.64. The third kappa shape index (κ3) is 3.49. The Morgan fingerprint density at radius 2 is 2.00 bits per heavy atom. The summed E-state index contributed by atoms with van der Waals surface area (Å²) in [5.74, 6) is 0. The van der Waals surface area contributed by atoms with Crippen molar-refractivity contribution in [2.45, 2.75) is 45.7 Å². The van der Waals surface area contributed by atoms with E-state index in [4.69, 9.17) is 0 Å². The van der Waals surface area contributed by atoms with Gasteiger partial charge in [-0.3, -0.25) is 0 Å². The number of rotatable bonds is 4. The van der Waals surface area contributed by atoms with E-state index >= 15 is 0 Å². The highest BCUT2D eigenvalue weighted by Gasteiger charge is 2.30. The van der Waals surface area contributed by atoms with Crippen LogP contribution in [0.3, 0.4) is 0 Å². The Hall–Kier alpha value is -1.02. The Morgan fingerprint density at radius 1 is 1.28 bits per heavy atom. The average molecular weight is 246 g/mol. The first-order valence-electron chi connectivity index (χ1n) is 6.95. The Bertz CT molecular complexity index is 396. The third-order valence-electron chi connectivity index (χ3n) is 3.83. The zero-order valence-electron chi connectivity index (χ0n) is 12.2. The summed E-state index contributed by atoms with van der Waals surface area (Å²) in [7, 11) is 4.24. The molecule has 0 amide bonds. The highest BCUT2D eigenvalue weighted by molar-refractivity contribution is 5.51. The van der Waals surface area contributed by atoms with Crippen LogP contribution in [-0.2, 0) is 6.54 Å². The number of hydrogen-bond acceptors (Lipinski definition) is 2. The molecule has 1 aromatic rings. The fourth-order valence-electron chi connectivity index (χ4n) is 2.92. The molecular weight excluding hydrogens is 220 g/mol. The van der Waals surface area contributed by atoms with E-state index in [9.17, 15) is 0 Å². The van der Waals surface area contributed by atoms with Gasteiger partial charge in [0.1, 0.15) is 0 Å². The van der Waals surface area contributed by atoms with E-state index in [0.717, 1.165) is 6.54 Å². The van der Waals surface area contributed by atoms with E-state index in [1.165, 1.54) is 30.5 Å². The lowest BCUT2D eigenvalue weighted by Crippen LogP contribution is -2.20. The van der Waals surface area contributed by atoms with Crippen LogP contribution in [0.2, 0.25) is 0 Å². The number of anilines is 1. The van der Waals surface area contributed by atoms with Crippen molar-refractivity contribution in [2.75, 3.05) is 19.4 Å². The monoisotopic (exact) mass is 246 g/mol. The average Bonchev–Trinajstić information content (AvgIpc) is 2.60. The van der Waals surface area contributed by atoms with Gasteiger partial charge in [-0.25, -0.2) is 0 Å². The van der Waals surface area contributed by atoms with Crippen molar-refractivity contribution in [2.24, 2.45) is 5.41 Å². The SMILES string of the molecule is CN(C)Cc1ccccc1NC1CCC(C)(C)C1. The quantitative estimate of drug-likeness (QED) is 0.870. The maximum atomic E-state index is 3.74. The minimum Gasteiger partial charge on any atom is -0.382 e. The van der Waals surface area contributed by atoms with Crippen LogP contribution in [0.25, 0.3) is 0 Å². The van der Waals surface area contributed by atoms with Crippen LogP contribution in [0, 0.1) is 5.41 Å². The summed E-state index contributed by atoms with van der Waals surface area (Å²) in [6, 6.07) is 9.33. The topological polar surface area (TPSA) is 15.3 Å². The van der Waals surface area contributed by atoms with Gasteiger partial charge in [-0.2, -0.15) is 0 Å². The lowest BCUT2D eigenvalue weighted by Gasteiger charge is -2.21. The van der Waals surface area contributed by atoms with Gasteiger partial charge in [0.2, 0.25) is 0 Å². The zero-order chi connectivity index (χ0) is 13.2. The molecule has 0 radical (unpaired) electrons. The Balaban J connectivity index is 2.05. The van der Waals surface area contributed by atoms with Crippen molar-refractivity contribution >= 4 is 5.69 Å². The van der Waals surface area contributed by atoms with Gasteiger partial charge >= 0.3 is 0 Å². The summed E-state index contributed by atoms with van der Waals surface area (Å²) >= 11 is 0. The number of para-hydroxylation sites is 1. The molecule has 1 aliphatic carbocycles. The van der Waals surface area contributed by atoms with E-state index in [1.54, 1.807) is 0 Å². The summed E-state index contributed by atoms with van der Waals surface area (Å²) in [6.07, 6.45) is 3.91. The van der Waals surface area contributed by atoms with Crippen LogP contribution in [0.1, 0.15) is 38.7 Å². The van der Waals surface area contributed by atoms with E-state index in [0.29, 0.717) is 11.5 Å². The van der Waals surface area contributed by atoms with Gasteiger partial charge in [-0.05, 0) is 50.4 Å². The molecule has 0 heterocycles. The molecule has 2 heteroatoms. The van der Waals surface area contributed by atoms with E-state index < -0.39 is 0 Å². The van der Waals surface area contributed by atoms with Gasteiger partial charge in [-0.15, -0.1) is 0 Å². The minimum atomic E-state index is 0.508. The first kappa shape index (κ1) is 13.4. The van der Waals surface area contributed by atoms with Gasteiger partial charge in [-0.1, -0.05) is 32.0 Å². The van der Waals surface area contributed by atoms with Crippen molar-refractivity contribution in [3.63, 3.8) is 0 Å². The van der Waals surface area contributed by atoms with Crippen LogP contribution < -0.4 is 5.32 Å². The third-order valence-corrected chi connectivity index (χ3v) is 3.83. The molecule has 0 saturated heterocycles. The molecule has 1 unspecified atom stereocenters. The molecule has 1 N–H and O–H groups in total. The summed E-state index contributed by atoms with van der Waals surface area (Å²) in [5, 5.41) is 3.74. The molecule has 2 rings (SSSR count). The van der Waals surface area contributed by atoms with Gasteiger partial charge in [0.25, 0.3) is 0 Å². The molecule has 1 saturated carbocycles. The Kier molecular flexibility index (Phi) is 3.96. The molecular formula is C16H26N2. The lowest BCUT2D eigenvalue weighted by atomic mass is 9.92. The minimum absolute atomic E-state index is 0.508. The molecule has 2 nitrogen and oxygen atoms in total. The summed E-state index contributed by atoms with van der Waals surface area (Å²) < 4.78 is 0. The molecule has 0 aliphatic heterocycles. The van der Waals surface area contributed by atoms with Gasteiger partial charge < -0.3 is 10.2 Å². The van der Waals surface area contributed by atoms with Crippen molar-refractivity contribution in [1.82, 2.24) is 4.90 Å². The van der Waals surface area contributed by atoms with Gasteiger partial charge in [0.05, 0.1) is 0 Å². The highest BCUT2D eigenvalue weighted by atomic mass is 15.1. The molecule has 1 fully saturated rings. The molecule has 0 spiro atoms. The maximum Gasteiger partial charge on any atom is 0.0388 e. The second kappa shape index (κ2) is 5.31. The predicted octanol–water partition coefficient (Wildman–Crippen LogP) is 3.74. The van der Waals surface area contributed by atoms with E-state index in [2.05, 4.69) is 62.4 Å². The van der Waals surface area contributed by atoms with Crippen LogP contribution in [0.15, 0.2) is 24.3 Å². The molecule has 0 aromatic heterocycles. The second-order valence-electron chi connectivity index (χ2n) is 6.64. The largest absolute Gasteiger partial charge is 0.382 e. The Labute approximate surface area is 111 Å². The molecule has 18 heavy (non-hydrogen) atoms. The first-order valence-corrected chi connectivity index (χ1v) is 6.95. The molecule has 1 aliphatic rings. The maximum absolute atomic E-state index is 3.74. The smallest absolute Gasteiger partial charge is 0.0388 e. The summed E-state index contributed by atoms with van der Waals surface area (Å²) in [4.78, 5) is 2.22. The first-order chi connectivity index (χ1) is 8.46.